The van der Waals surface area contributed by atoms with Crippen molar-refractivity contribution in [3.8, 4) is 17.1 Å². The van der Waals surface area contributed by atoms with Gasteiger partial charge >= 0.3 is 0 Å². The van der Waals surface area contributed by atoms with Crippen LogP contribution in [0.5, 0.6) is 0 Å². The van der Waals surface area contributed by atoms with Crippen LogP contribution in [0.2, 0.25) is 10.0 Å². The Morgan fingerprint density at radius 3 is 2.39 bits per heavy atom. The van der Waals surface area contributed by atoms with E-state index >= 15 is 0 Å². The molecule has 3 aromatic carbocycles. The second-order valence-corrected chi connectivity index (χ2v) is 8.15. The van der Waals surface area contributed by atoms with Gasteiger partial charge < -0.3 is 5.32 Å². The maximum absolute atomic E-state index is 12.9. The van der Waals surface area contributed by atoms with Crippen LogP contribution in [-0.4, -0.2) is 20.7 Å². The summed E-state index contributed by atoms with van der Waals surface area (Å²) in [5.74, 6) is 0.177. The van der Waals surface area contributed by atoms with E-state index in [1.807, 2.05) is 69.3 Å². The van der Waals surface area contributed by atoms with Crippen LogP contribution in [0, 0.1) is 20.8 Å². The lowest BCUT2D eigenvalue weighted by molar-refractivity contribution is 0.101. The van der Waals surface area contributed by atoms with Gasteiger partial charge in [-0.05, 0) is 56.2 Å². The Bertz CT molecular complexity index is 1280. The predicted octanol–water partition coefficient (Wildman–Crippen LogP) is 6.42. The van der Waals surface area contributed by atoms with E-state index in [9.17, 15) is 4.79 Å². The molecular weight excluding hydrogens is 431 g/mol. The Balaban J connectivity index is 1.79. The van der Waals surface area contributed by atoms with Gasteiger partial charge in [-0.15, -0.1) is 5.10 Å². The van der Waals surface area contributed by atoms with Crippen molar-refractivity contribution in [2.24, 2.45) is 0 Å². The summed E-state index contributed by atoms with van der Waals surface area (Å²) in [6.45, 7) is 5.83. The first-order chi connectivity index (χ1) is 14.8. The number of aromatic nitrogens is 3. The number of hydrogen-bond donors (Lipinski definition) is 1. The number of nitrogens with one attached hydrogen (secondary N) is 1. The van der Waals surface area contributed by atoms with Crippen molar-refractivity contribution in [1.82, 2.24) is 14.8 Å². The standard InChI is InChI=1S/C24H20Cl2N4O/c1-14-7-10-17(11-8-14)23-28-22(24(31)27-18-12-9-15(2)20(26)13-18)29-30(23)21-6-4-5-19(25)16(21)3/h4-13H,1-3H3,(H,27,31). The Labute approximate surface area is 190 Å². The van der Waals surface area contributed by atoms with Crippen LogP contribution in [0.4, 0.5) is 5.69 Å². The van der Waals surface area contributed by atoms with Crippen LogP contribution in [-0.2, 0) is 0 Å². The van der Waals surface area contributed by atoms with Crippen LogP contribution in [0.25, 0.3) is 17.1 Å². The summed E-state index contributed by atoms with van der Waals surface area (Å²) >= 11 is 12.5. The molecule has 0 aliphatic heterocycles. The third kappa shape index (κ3) is 4.33. The van der Waals surface area contributed by atoms with Gasteiger partial charge in [-0.1, -0.05) is 65.2 Å². The third-order valence-corrected chi connectivity index (χ3v) is 5.83. The zero-order chi connectivity index (χ0) is 22.1. The number of amides is 1. The lowest BCUT2D eigenvalue weighted by Gasteiger charge is -2.10. The first-order valence-electron chi connectivity index (χ1n) is 9.70. The Kier molecular flexibility index (Phi) is 5.81. The molecule has 4 aromatic rings. The summed E-state index contributed by atoms with van der Waals surface area (Å²) in [5.41, 5.74) is 5.08. The molecule has 0 fully saturated rings. The van der Waals surface area contributed by atoms with Crippen molar-refractivity contribution in [2.45, 2.75) is 20.8 Å². The maximum Gasteiger partial charge on any atom is 0.295 e. The van der Waals surface area contributed by atoms with E-state index in [1.54, 1.807) is 16.8 Å². The number of benzene rings is 3. The molecule has 1 amide bonds. The molecule has 1 heterocycles. The quantitative estimate of drug-likeness (QED) is 0.390. The minimum absolute atomic E-state index is 0.0478. The number of carbonyl (C=O) groups is 1. The van der Waals surface area contributed by atoms with Crippen molar-refractivity contribution < 1.29 is 4.79 Å². The van der Waals surface area contributed by atoms with E-state index in [4.69, 9.17) is 23.2 Å². The fourth-order valence-corrected chi connectivity index (χ4v) is 3.50. The monoisotopic (exact) mass is 450 g/mol. The number of halogens is 2. The summed E-state index contributed by atoms with van der Waals surface area (Å²) in [7, 11) is 0. The Morgan fingerprint density at radius 1 is 0.935 bits per heavy atom. The molecule has 0 atom stereocenters. The maximum atomic E-state index is 12.9. The largest absolute Gasteiger partial charge is 0.319 e. The van der Waals surface area contributed by atoms with Gasteiger partial charge in [0.25, 0.3) is 5.91 Å². The van der Waals surface area contributed by atoms with Crippen LogP contribution in [0.3, 0.4) is 0 Å². The number of carbonyl (C=O) groups excluding carboxylic acids is 1. The second-order valence-electron chi connectivity index (χ2n) is 7.34. The number of anilines is 1. The molecule has 156 valence electrons. The molecule has 0 saturated carbocycles. The summed E-state index contributed by atoms with van der Waals surface area (Å²) in [5, 5.41) is 8.53. The number of aryl methyl sites for hydroxylation is 2. The van der Waals surface area contributed by atoms with Gasteiger partial charge in [-0.3, -0.25) is 4.79 Å². The van der Waals surface area contributed by atoms with Crippen molar-refractivity contribution >= 4 is 34.8 Å². The molecule has 1 N–H and O–H groups in total. The van der Waals surface area contributed by atoms with E-state index < -0.39 is 5.91 Å². The van der Waals surface area contributed by atoms with E-state index in [2.05, 4.69) is 15.4 Å². The number of nitrogens with zero attached hydrogens (tertiary/aromatic N) is 3. The number of rotatable bonds is 4. The van der Waals surface area contributed by atoms with Crippen LogP contribution in [0.15, 0.2) is 60.7 Å². The molecule has 0 bridgehead atoms. The minimum Gasteiger partial charge on any atom is -0.319 e. The zero-order valence-corrected chi connectivity index (χ0v) is 18.8. The van der Waals surface area contributed by atoms with Gasteiger partial charge in [0.2, 0.25) is 5.82 Å². The van der Waals surface area contributed by atoms with E-state index in [0.717, 1.165) is 27.9 Å². The Hall–Kier alpha value is -3.15. The molecule has 1 aromatic heterocycles. The number of hydrogen-bond acceptors (Lipinski definition) is 3. The van der Waals surface area contributed by atoms with Gasteiger partial charge in [0.05, 0.1) is 5.69 Å². The van der Waals surface area contributed by atoms with E-state index in [1.165, 1.54) is 0 Å². The lowest BCUT2D eigenvalue weighted by Crippen LogP contribution is -2.14. The first-order valence-corrected chi connectivity index (χ1v) is 10.5. The lowest BCUT2D eigenvalue weighted by atomic mass is 10.1. The van der Waals surface area contributed by atoms with Gasteiger partial charge in [-0.25, -0.2) is 9.67 Å². The fraction of sp³-hybridized carbons (Fsp3) is 0.125. The normalized spacial score (nSPS) is 10.9. The van der Waals surface area contributed by atoms with E-state index in [0.29, 0.717) is 21.6 Å². The second kappa shape index (κ2) is 8.53. The van der Waals surface area contributed by atoms with E-state index in [-0.39, 0.29) is 5.82 Å². The molecule has 5 nitrogen and oxygen atoms in total. The third-order valence-electron chi connectivity index (χ3n) is 5.02. The predicted molar refractivity (Wildman–Crippen MR) is 125 cm³/mol. The molecule has 0 aliphatic rings. The fourth-order valence-electron chi connectivity index (χ4n) is 3.15. The van der Waals surface area contributed by atoms with Crippen LogP contribution >= 0.6 is 23.2 Å². The van der Waals surface area contributed by atoms with Gasteiger partial charge in [0.1, 0.15) is 0 Å². The smallest absolute Gasteiger partial charge is 0.295 e. The van der Waals surface area contributed by atoms with Crippen LogP contribution < -0.4 is 5.32 Å². The highest BCUT2D eigenvalue weighted by atomic mass is 35.5. The molecule has 0 aliphatic carbocycles. The molecular formula is C24H20Cl2N4O. The van der Waals surface area contributed by atoms with Crippen molar-refractivity contribution in [1.29, 1.82) is 0 Å². The van der Waals surface area contributed by atoms with Crippen molar-refractivity contribution in [2.75, 3.05) is 5.32 Å². The Morgan fingerprint density at radius 2 is 1.68 bits per heavy atom. The van der Waals surface area contributed by atoms with Gasteiger partial charge in [-0.2, -0.15) is 0 Å². The topological polar surface area (TPSA) is 59.8 Å². The molecule has 31 heavy (non-hydrogen) atoms. The summed E-state index contributed by atoms with van der Waals surface area (Å²) < 4.78 is 1.66. The average molecular weight is 451 g/mol. The molecule has 0 unspecified atom stereocenters. The minimum atomic E-state index is -0.424. The highest BCUT2D eigenvalue weighted by molar-refractivity contribution is 6.32. The first kappa shape index (κ1) is 21.1. The molecule has 0 radical (unpaired) electrons. The van der Waals surface area contributed by atoms with Crippen molar-refractivity contribution in [3.05, 3.63) is 93.2 Å². The van der Waals surface area contributed by atoms with Crippen LogP contribution in [0.1, 0.15) is 27.3 Å². The molecule has 7 heteroatoms. The molecule has 4 rings (SSSR count). The highest BCUT2D eigenvalue weighted by Gasteiger charge is 2.20. The SMILES string of the molecule is Cc1ccc(-c2nc(C(=O)Nc3ccc(C)c(Cl)c3)nn2-c2cccc(Cl)c2C)cc1. The summed E-state index contributed by atoms with van der Waals surface area (Å²) in [6.07, 6.45) is 0. The van der Waals surface area contributed by atoms with Gasteiger partial charge in [0, 0.05) is 21.3 Å². The highest BCUT2D eigenvalue weighted by Crippen LogP contribution is 2.27. The zero-order valence-electron chi connectivity index (χ0n) is 17.3. The summed E-state index contributed by atoms with van der Waals surface area (Å²) in [6, 6.07) is 18.8. The van der Waals surface area contributed by atoms with Crippen molar-refractivity contribution in [3.63, 3.8) is 0 Å². The van der Waals surface area contributed by atoms with Gasteiger partial charge in [0.15, 0.2) is 5.82 Å². The molecule has 0 saturated heterocycles. The average Bonchev–Trinajstić information content (AvgIpc) is 3.18. The molecule has 0 spiro atoms. The summed E-state index contributed by atoms with van der Waals surface area (Å²) in [4.78, 5) is 17.5.